The van der Waals surface area contributed by atoms with E-state index >= 15 is 0 Å². The molecule has 1 heterocycles. The van der Waals surface area contributed by atoms with Gasteiger partial charge in [-0.25, -0.2) is 0 Å². The SMILES string of the molecule is [CH]=C(Cc1ccccc1)c1nccc2ccccc12. The zero-order chi connectivity index (χ0) is 13.1. The summed E-state index contributed by atoms with van der Waals surface area (Å²) >= 11 is 0. The van der Waals surface area contributed by atoms with Crippen LogP contribution in [0.15, 0.2) is 66.9 Å². The van der Waals surface area contributed by atoms with Gasteiger partial charge in [-0.15, -0.1) is 0 Å². The molecule has 0 saturated carbocycles. The average Bonchev–Trinajstić information content (AvgIpc) is 2.47. The lowest BCUT2D eigenvalue weighted by Gasteiger charge is -2.08. The van der Waals surface area contributed by atoms with Crippen LogP contribution in [0.4, 0.5) is 0 Å². The number of hydrogen-bond acceptors (Lipinski definition) is 1. The third-order valence-corrected chi connectivity index (χ3v) is 3.22. The Morgan fingerprint density at radius 1 is 0.895 bits per heavy atom. The number of aromatic nitrogens is 1. The molecule has 91 valence electrons. The molecule has 3 aromatic rings. The maximum atomic E-state index is 6.25. The first-order valence-electron chi connectivity index (χ1n) is 6.34. The normalized spacial score (nSPS) is 10.5. The minimum atomic E-state index is 0.724. The molecule has 19 heavy (non-hydrogen) atoms. The molecule has 1 radical (unpaired) electrons. The summed E-state index contributed by atoms with van der Waals surface area (Å²) in [5.74, 6) is 0. The largest absolute Gasteiger partial charge is 0.256 e. The summed E-state index contributed by atoms with van der Waals surface area (Å²) in [5.41, 5.74) is 2.90. The van der Waals surface area contributed by atoms with Crippen LogP contribution in [0.1, 0.15) is 11.3 Å². The minimum Gasteiger partial charge on any atom is -0.256 e. The Morgan fingerprint density at radius 3 is 2.47 bits per heavy atom. The number of nitrogens with zero attached hydrogens (tertiary/aromatic N) is 1. The van der Waals surface area contributed by atoms with Crippen molar-refractivity contribution in [1.29, 1.82) is 0 Å². The third-order valence-electron chi connectivity index (χ3n) is 3.22. The highest BCUT2D eigenvalue weighted by Crippen LogP contribution is 2.24. The van der Waals surface area contributed by atoms with E-state index in [1.54, 1.807) is 0 Å². The fourth-order valence-corrected chi connectivity index (χ4v) is 2.28. The van der Waals surface area contributed by atoms with Crippen LogP contribution in [0.2, 0.25) is 0 Å². The van der Waals surface area contributed by atoms with Gasteiger partial charge in [0.25, 0.3) is 0 Å². The summed E-state index contributed by atoms with van der Waals surface area (Å²) in [6.07, 6.45) is 2.54. The van der Waals surface area contributed by atoms with Crippen molar-refractivity contribution in [3.63, 3.8) is 0 Å². The molecule has 0 aliphatic carbocycles. The summed E-state index contributed by atoms with van der Waals surface area (Å²) < 4.78 is 0. The van der Waals surface area contributed by atoms with E-state index in [0.29, 0.717) is 0 Å². The molecule has 1 aromatic heterocycles. The molecule has 0 spiro atoms. The van der Waals surface area contributed by atoms with Gasteiger partial charge in [0.05, 0.1) is 5.69 Å². The highest BCUT2D eigenvalue weighted by molar-refractivity contribution is 5.91. The van der Waals surface area contributed by atoms with E-state index in [9.17, 15) is 0 Å². The van der Waals surface area contributed by atoms with Crippen LogP contribution in [0.5, 0.6) is 0 Å². The Bertz CT molecular complexity index is 709. The Kier molecular flexibility index (Phi) is 3.11. The first-order chi connectivity index (χ1) is 9.34. The van der Waals surface area contributed by atoms with Crippen molar-refractivity contribution in [2.45, 2.75) is 6.42 Å². The van der Waals surface area contributed by atoms with Gasteiger partial charge in [-0.1, -0.05) is 61.2 Å². The van der Waals surface area contributed by atoms with E-state index < -0.39 is 0 Å². The van der Waals surface area contributed by atoms with Crippen LogP contribution < -0.4 is 0 Å². The van der Waals surface area contributed by atoms with Crippen LogP contribution in [-0.4, -0.2) is 4.98 Å². The van der Waals surface area contributed by atoms with Gasteiger partial charge in [-0.3, -0.25) is 4.98 Å². The number of pyridine rings is 1. The lowest BCUT2D eigenvalue weighted by molar-refractivity contribution is 1.22. The summed E-state index contributed by atoms with van der Waals surface area (Å²) in [6.45, 7) is 6.25. The van der Waals surface area contributed by atoms with Crippen LogP contribution in [0.25, 0.3) is 16.3 Å². The third kappa shape index (κ3) is 2.41. The maximum Gasteiger partial charge on any atom is 0.0743 e. The van der Waals surface area contributed by atoms with Crippen molar-refractivity contribution < 1.29 is 0 Å². The van der Waals surface area contributed by atoms with Gasteiger partial charge in [-0.2, -0.15) is 0 Å². The molecule has 0 fully saturated rings. The van der Waals surface area contributed by atoms with Gasteiger partial charge in [0.1, 0.15) is 0 Å². The molecular weight excluding hydrogens is 230 g/mol. The lowest BCUT2D eigenvalue weighted by atomic mass is 9.99. The van der Waals surface area contributed by atoms with Crippen molar-refractivity contribution in [2.24, 2.45) is 0 Å². The molecular formula is C18H14N. The van der Waals surface area contributed by atoms with Gasteiger partial charge >= 0.3 is 0 Å². The second-order valence-corrected chi connectivity index (χ2v) is 4.57. The number of hydrogen-bond donors (Lipinski definition) is 0. The molecule has 0 saturated heterocycles. The molecule has 0 aliphatic heterocycles. The van der Waals surface area contributed by atoms with Crippen LogP contribution in [-0.2, 0) is 6.42 Å². The first kappa shape index (κ1) is 11.7. The topological polar surface area (TPSA) is 12.9 Å². The van der Waals surface area contributed by atoms with E-state index in [4.69, 9.17) is 6.58 Å². The predicted octanol–water partition coefficient (Wildman–Crippen LogP) is 4.29. The molecule has 0 amide bonds. The predicted molar refractivity (Wildman–Crippen MR) is 79.6 cm³/mol. The van der Waals surface area contributed by atoms with Gasteiger partial charge in [-0.05, 0) is 29.0 Å². The van der Waals surface area contributed by atoms with Crippen molar-refractivity contribution in [3.05, 3.63) is 84.7 Å². The summed E-state index contributed by atoms with van der Waals surface area (Å²) in [4.78, 5) is 4.44. The summed E-state index contributed by atoms with van der Waals surface area (Å²) in [6, 6.07) is 20.4. The first-order valence-corrected chi connectivity index (χ1v) is 6.34. The number of rotatable bonds is 3. The van der Waals surface area contributed by atoms with Gasteiger partial charge in [0.15, 0.2) is 0 Å². The Morgan fingerprint density at radius 2 is 1.63 bits per heavy atom. The highest BCUT2D eigenvalue weighted by Gasteiger charge is 2.06. The van der Waals surface area contributed by atoms with Crippen molar-refractivity contribution in [2.75, 3.05) is 0 Å². The lowest BCUT2D eigenvalue weighted by Crippen LogP contribution is -1.94. The van der Waals surface area contributed by atoms with Crippen molar-refractivity contribution in [1.82, 2.24) is 4.98 Å². The van der Waals surface area contributed by atoms with E-state index in [-0.39, 0.29) is 0 Å². The Hall–Kier alpha value is -2.41. The second kappa shape index (κ2) is 5.07. The van der Waals surface area contributed by atoms with Crippen LogP contribution in [0.3, 0.4) is 0 Å². The van der Waals surface area contributed by atoms with Crippen molar-refractivity contribution >= 4 is 16.3 Å². The molecule has 1 heteroatoms. The molecule has 3 rings (SSSR count). The summed E-state index contributed by atoms with van der Waals surface area (Å²) in [7, 11) is 0. The Labute approximate surface area is 113 Å². The smallest absolute Gasteiger partial charge is 0.0743 e. The van der Waals surface area contributed by atoms with E-state index in [1.807, 2.05) is 42.6 Å². The van der Waals surface area contributed by atoms with Crippen LogP contribution >= 0.6 is 0 Å². The molecule has 0 N–H and O–H groups in total. The van der Waals surface area contributed by atoms with E-state index in [2.05, 4.69) is 29.2 Å². The summed E-state index contributed by atoms with van der Waals surface area (Å²) in [5, 5.41) is 2.28. The van der Waals surface area contributed by atoms with Crippen LogP contribution in [0, 0.1) is 6.58 Å². The average molecular weight is 244 g/mol. The van der Waals surface area contributed by atoms with Gasteiger partial charge < -0.3 is 0 Å². The van der Waals surface area contributed by atoms with Gasteiger partial charge in [0, 0.05) is 11.6 Å². The van der Waals surface area contributed by atoms with Crippen molar-refractivity contribution in [3.8, 4) is 0 Å². The molecule has 0 aliphatic rings. The highest BCUT2D eigenvalue weighted by atomic mass is 14.7. The zero-order valence-corrected chi connectivity index (χ0v) is 10.6. The molecule has 2 aromatic carbocycles. The molecule has 0 atom stereocenters. The molecule has 1 nitrogen and oxygen atoms in total. The second-order valence-electron chi connectivity index (χ2n) is 4.57. The molecule has 0 bridgehead atoms. The standard InChI is InChI=1S/C18H14N/c1-14(13-15-7-3-2-4-8-15)18-17-10-6-5-9-16(17)11-12-19-18/h1-12H,13H2. The van der Waals surface area contributed by atoms with E-state index in [0.717, 1.165) is 23.1 Å². The maximum absolute atomic E-state index is 6.25. The van der Waals surface area contributed by atoms with E-state index in [1.165, 1.54) is 10.9 Å². The van der Waals surface area contributed by atoms with Gasteiger partial charge in [0.2, 0.25) is 0 Å². The zero-order valence-electron chi connectivity index (χ0n) is 10.6. The molecule has 0 unspecified atom stereocenters. The Balaban J connectivity index is 1.98. The number of benzene rings is 2. The fraction of sp³-hybridized carbons (Fsp3) is 0.0556. The monoisotopic (exact) mass is 244 g/mol. The number of fused-ring (bicyclic) bond motifs is 1. The quantitative estimate of drug-likeness (QED) is 0.669. The number of allylic oxidation sites excluding steroid dienone is 1. The fourth-order valence-electron chi connectivity index (χ4n) is 2.28. The minimum absolute atomic E-state index is 0.724.